The van der Waals surface area contributed by atoms with E-state index in [1.54, 1.807) is 0 Å². The molecule has 94 valence electrons. The Labute approximate surface area is 104 Å². The van der Waals surface area contributed by atoms with Crippen molar-refractivity contribution in [1.82, 2.24) is 5.32 Å². The van der Waals surface area contributed by atoms with Gasteiger partial charge in [-0.25, -0.2) is 0 Å². The highest BCUT2D eigenvalue weighted by Gasteiger charge is 2.22. The number of hydrogen-bond acceptors (Lipinski definition) is 2. The van der Waals surface area contributed by atoms with Gasteiger partial charge in [0.15, 0.2) is 0 Å². The van der Waals surface area contributed by atoms with Gasteiger partial charge in [-0.3, -0.25) is 0 Å². The number of nitrogens with one attached hydrogen (secondary N) is 1. The number of aliphatic hydroxyl groups is 1. The molecule has 0 aromatic heterocycles. The largest absolute Gasteiger partial charge is 0.388 e. The van der Waals surface area contributed by atoms with Gasteiger partial charge >= 0.3 is 0 Å². The van der Waals surface area contributed by atoms with E-state index in [0.29, 0.717) is 11.8 Å². The third kappa shape index (κ3) is 3.08. The molecular formula is C15H23NO. The lowest BCUT2D eigenvalue weighted by Crippen LogP contribution is -2.30. The predicted molar refractivity (Wildman–Crippen MR) is 71.1 cm³/mol. The van der Waals surface area contributed by atoms with E-state index >= 15 is 0 Å². The van der Waals surface area contributed by atoms with Gasteiger partial charge in [0.1, 0.15) is 0 Å². The highest BCUT2D eigenvalue weighted by atomic mass is 16.3. The van der Waals surface area contributed by atoms with Crippen LogP contribution in [0.25, 0.3) is 0 Å². The summed E-state index contributed by atoms with van der Waals surface area (Å²) in [6.45, 7) is 6.45. The highest BCUT2D eigenvalue weighted by Crippen LogP contribution is 2.29. The smallest absolute Gasteiger partial charge is 0.0819 e. The quantitative estimate of drug-likeness (QED) is 0.841. The minimum atomic E-state index is -0.293. The zero-order valence-electron chi connectivity index (χ0n) is 10.8. The van der Waals surface area contributed by atoms with Crippen LogP contribution in [0.15, 0.2) is 24.3 Å². The van der Waals surface area contributed by atoms with E-state index in [0.717, 1.165) is 31.5 Å². The molecule has 0 radical (unpaired) electrons. The summed E-state index contributed by atoms with van der Waals surface area (Å²) < 4.78 is 0. The summed E-state index contributed by atoms with van der Waals surface area (Å²) in [6, 6.07) is 8.46. The zero-order chi connectivity index (χ0) is 12.3. The van der Waals surface area contributed by atoms with E-state index in [9.17, 15) is 5.11 Å². The van der Waals surface area contributed by atoms with Crippen LogP contribution in [0, 0.1) is 5.92 Å². The number of hydrogen-bond donors (Lipinski definition) is 2. The van der Waals surface area contributed by atoms with E-state index in [4.69, 9.17) is 0 Å². The summed E-state index contributed by atoms with van der Waals surface area (Å²) in [7, 11) is 0. The summed E-state index contributed by atoms with van der Waals surface area (Å²) >= 11 is 0. The van der Waals surface area contributed by atoms with Crippen LogP contribution in [0.2, 0.25) is 0 Å². The first-order valence-electron chi connectivity index (χ1n) is 6.67. The van der Waals surface area contributed by atoms with E-state index in [2.05, 4.69) is 43.4 Å². The lowest BCUT2D eigenvalue weighted by Gasteiger charge is -2.27. The zero-order valence-corrected chi connectivity index (χ0v) is 10.8. The number of rotatable bonds is 3. The van der Waals surface area contributed by atoms with Gasteiger partial charge in [0.25, 0.3) is 0 Å². The van der Waals surface area contributed by atoms with Crippen molar-refractivity contribution < 1.29 is 5.11 Å². The molecule has 1 aliphatic heterocycles. The molecule has 0 saturated carbocycles. The maximum atomic E-state index is 10.3. The van der Waals surface area contributed by atoms with Crippen LogP contribution >= 0.6 is 0 Å². The van der Waals surface area contributed by atoms with Crippen molar-refractivity contribution >= 4 is 0 Å². The third-order valence-corrected chi connectivity index (χ3v) is 3.77. The van der Waals surface area contributed by atoms with E-state index in [1.807, 2.05) is 0 Å². The number of benzene rings is 1. The molecule has 2 N–H and O–H groups in total. The van der Waals surface area contributed by atoms with Gasteiger partial charge in [-0.2, -0.15) is 0 Å². The van der Waals surface area contributed by atoms with Crippen molar-refractivity contribution in [2.24, 2.45) is 5.92 Å². The predicted octanol–water partition coefficient (Wildman–Crippen LogP) is 2.84. The molecule has 2 nitrogen and oxygen atoms in total. The van der Waals surface area contributed by atoms with Crippen molar-refractivity contribution in [2.75, 3.05) is 13.1 Å². The molecular weight excluding hydrogens is 210 g/mol. The maximum Gasteiger partial charge on any atom is 0.0819 e. The average Bonchev–Trinajstić information content (AvgIpc) is 2.39. The summed E-state index contributed by atoms with van der Waals surface area (Å²) in [5, 5.41) is 13.7. The second kappa shape index (κ2) is 5.65. The van der Waals surface area contributed by atoms with Crippen LogP contribution in [0.4, 0.5) is 0 Å². The molecule has 0 amide bonds. The van der Waals surface area contributed by atoms with Crippen molar-refractivity contribution in [3.8, 4) is 0 Å². The van der Waals surface area contributed by atoms with Gasteiger partial charge < -0.3 is 10.4 Å². The first-order valence-corrected chi connectivity index (χ1v) is 6.67. The minimum absolute atomic E-state index is 0.293. The Morgan fingerprint density at radius 2 is 1.59 bits per heavy atom. The van der Waals surface area contributed by atoms with Crippen LogP contribution < -0.4 is 5.32 Å². The molecule has 1 aliphatic rings. The summed E-state index contributed by atoms with van der Waals surface area (Å²) in [5.41, 5.74) is 2.41. The summed E-state index contributed by atoms with van der Waals surface area (Å²) in [4.78, 5) is 0. The van der Waals surface area contributed by atoms with Gasteiger partial charge in [-0.05, 0) is 48.9 Å². The minimum Gasteiger partial charge on any atom is -0.388 e. The lowest BCUT2D eigenvalue weighted by molar-refractivity contribution is 0.0889. The lowest BCUT2D eigenvalue weighted by atomic mass is 9.87. The van der Waals surface area contributed by atoms with Crippen molar-refractivity contribution in [1.29, 1.82) is 0 Å². The SMILES string of the molecule is CC(C)c1ccc(C(O)C2CCNCC2)cc1. The summed E-state index contributed by atoms with van der Waals surface area (Å²) in [6.07, 6.45) is 1.86. The Balaban J connectivity index is 2.05. The van der Waals surface area contributed by atoms with Crippen molar-refractivity contribution in [3.05, 3.63) is 35.4 Å². The van der Waals surface area contributed by atoms with Crippen LogP contribution in [0.1, 0.15) is 49.8 Å². The maximum absolute atomic E-state index is 10.3. The second-order valence-electron chi connectivity index (χ2n) is 5.35. The molecule has 1 aromatic rings. The Bertz CT molecular complexity index is 338. The fourth-order valence-electron chi connectivity index (χ4n) is 2.51. The van der Waals surface area contributed by atoms with Crippen LogP contribution in [-0.2, 0) is 0 Å². The normalized spacial score (nSPS) is 19.5. The second-order valence-corrected chi connectivity index (χ2v) is 5.35. The Morgan fingerprint density at radius 3 is 2.12 bits per heavy atom. The molecule has 2 heteroatoms. The molecule has 1 unspecified atom stereocenters. The Hall–Kier alpha value is -0.860. The molecule has 0 spiro atoms. The van der Waals surface area contributed by atoms with Crippen molar-refractivity contribution in [2.45, 2.75) is 38.7 Å². The van der Waals surface area contributed by atoms with E-state index in [-0.39, 0.29) is 6.10 Å². The van der Waals surface area contributed by atoms with Gasteiger partial charge in [0.05, 0.1) is 6.10 Å². The fourth-order valence-corrected chi connectivity index (χ4v) is 2.51. The summed E-state index contributed by atoms with van der Waals surface area (Å²) in [5.74, 6) is 0.973. The molecule has 17 heavy (non-hydrogen) atoms. The number of aliphatic hydroxyl groups excluding tert-OH is 1. The van der Waals surface area contributed by atoms with Crippen LogP contribution in [0.3, 0.4) is 0 Å². The average molecular weight is 233 g/mol. The molecule has 1 atom stereocenters. The van der Waals surface area contributed by atoms with Gasteiger partial charge in [0.2, 0.25) is 0 Å². The first kappa shape index (κ1) is 12.6. The molecule has 1 saturated heterocycles. The highest BCUT2D eigenvalue weighted by molar-refractivity contribution is 5.26. The molecule has 1 heterocycles. The van der Waals surface area contributed by atoms with Crippen LogP contribution in [-0.4, -0.2) is 18.2 Å². The topological polar surface area (TPSA) is 32.3 Å². The molecule has 2 rings (SSSR count). The molecule has 1 aromatic carbocycles. The monoisotopic (exact) mass is 233 g/mol. The molecule has 1 fully saturated rings. The Morgan fingerprint density at radius 1 is 1.06 bits per heavy atom. The van der Waals surface area contributed by atoms with E-state index in [1.165, 1.54) is 5.56 Å². The van der Waals surface area contributed by atoms with Gasteiger partial charge in [-0.1, -0.05) is 38.1 Å². The van der Waals surface area contributed by atoms with E-state index < -0.39 is 0 Å². The van der Waals surface area contributed by atoms with Crippen LogP contribution in [0.5, 0.6) is 0 Å². The molecule has 0 bridgehead atoms. The van der Waals surface area contributed by atoms with Gasteiger partial charge in [-0.15, -0.1) is 0 Å². The molecule has 0 aliphatic carbocycles. The fraction of sp³-hybridized carbons (Fsp3) is 0.600. The van der Waals surface area contributed by atoms with Crippen molar-refractivity contribution in [3.63, 3.8) is 0 Å². The number of piperidine rings is 1. The third-order valence-electron chi connectivity index (χ3n) is 3.77. The Kier molecular flexibility index (Phi) is 4.19. The first-order chi connectivity index (χ1) is 8.18. The van der Waals surface area contributed by atoms with Gasteiger partial charge in [0, 0.05) is 0 Å². The standard InChI is InChI=1S/C15H23NO/c1-11(2)12-3-5-13(6-4-12)15(17)14-7-9-16-10-8-14/h3-6,11,14-17H,7-10H2,1-2H3.